The number of hydrogen-bond acceptors (Lipinski definition) is 0. The van der Waals surface area contributed by atoms with Gasteiger partial charge in [0.05, 0.1) is 0 Å². The van der Waals surface area contributed by atoms with Crippen molar-refractivity contribution < 1.29 is 17.1 Å². The molecule has 0 saturated carbocycles. The van der Waals surface area contributed by atoms with Gasteiger partial charge in [-0.3, -0.25) is 0 Å². The maximum Gasteiger partial charge on any atom is 0 e. The van der Waals surface area contributed by atoms with Gasteiger partial charge < -0.3 is 30.3 Å². The normalized spacial score (nSPS) is 8.38. The van der Waals surface area contributed by atoms with Gasteiger partial charge >= 0.3 is 0 Å². The molecule has 0 fully saturated rings. The van der Waals surface area contributed by atoms with E-state index in [1.807, 2.05) is 30.3 Å². The Hall–Kier alpha value is -1.04. The number of allylic oxidation sites excluding steroid dienone is 2. The largest absolute Gasteiger partial charge is 0.748 e. The minimum Gasteiger partial charge on any atom is -0.748 e. The van der Waals surface area contributed by atoms with Crippen LogP contribution in [0.15, 0.2) is 66.2 Å². The first-order valence-electron chi connectivity index (χ1n) is 5.29. The smallest absolute Gasteiger partial charge is 0 e. The van der Waals surface area contributed by atoms with Crippen LogP contribution in [0.25, 0.3) is 0 Å². The van der Waals surface area contributed by atoms with E-state index in [2.05, 4.69) is 44.2 Å². The van der Waals surface area contributed by atoms with E-state index in [1.54, 1.807) is 0 Å². The van der Waals surface area contributed by atoms with Crippen molar-refractivity contribution in [2.45, 2.75) is 20.3 Å². The maximum absolute atomic E-state index is 2.25. The predicted octanol–water partition coefficient (Wildman–Crippen LogP) is 4.32. The fourth-order valence-electron chi connectivity index (χ4n) is 1.19. The summed E-state index contributed by atoms with van der Waals surface area (Å²) in [5.74, 6) is 0. The molecule has 0 unspecified atom stereocenters. The van der Waals surface area contributed by atoms with Crippen molar-refractivity contribution in [3.63, 3.8) is 0 Å². The van der Waals surface area contributed by atoms with Gasteiger partial charge in [-0.25, -0.2) is 12.1 Å². The van der Waals surface area contributed by atoms with Gasteiger partial charge in [-0.05, 0) is 13.8 Å². The Balaban J connectivity index is 0.000000318. The summed E-state index contributed by atoms with van der Waals surface area (Å²) in [4.78, 5) is 0. The van der Waals surface area contributed by atoms with Crippen LogP contribution >= 0.6 is 0 Å². The number of hydrogen-bond donors (Lipinski definition) is 0. The van der Waals surface area contributed by atoms with Crippen LogP contribution in [0.5, 0.6) is 0 Å². The molecule has 2 aromatic carbocycles. The standard InChI is InChI=1S/C10H13.C5H5.Fe/c1-9(2)7-8-10-5-3-4-6-10;1-2-4-5-3-1;/h3-7H,8H2,1-2H3;1-5H;/q-1;-5;. The van der Waals surface area contributed by atoms with Crippen LogP contribution in [0, 0.1) is 0 Å². The van der Waals surface area contributed by atoms with Gasteiger partial charge in [0.25, 0.3) is 0 Å². The quantitative estimate of drug-likeness (QED) is 0.425. The van der Waals surface area contributed by atoms with Crippen molar-refractivity contribution in [2.24, 2.45) is 0 Å². The molecule has 0 aromatic heterocycles. The van der Waals surface area contributed by atoms with Crippen molar-refractivity contribution in [3.05, 3.63) is 71.8 Å². The van der Waals surface area contributed by atoms with Crippen molar-refractivity contribution in [3.8, 4) is 0 Å². The Labute approximate surface area is 109 Å². The molecule has 0 nitrogen and oxygen atoms in total. The molecule has 16 heavy (non-hydrogen) atoms. The van der Waals surface area contributed by atoms with Crippen molar-refractivity contribution in [1.29, 1.82) is 0 Å². The van der Waals surface area contributed by atoms with Crippen LogP contribution in [0.2, 0.25) is 0 Å². The molecular formula is C15H18Fe-6. The van der Waals surface area contributed by atoms with E-state index in [1.165, 1.54) is 11.1 Å². The summed E-state index contributed by atoms with van der Waals surface area (Å²) in [6.07, 6.45) is 3.32. The molecule has 0 spiro atoms. The third-order valence-electron chi connectivity index (χ3n) is 2.03. The summed E-state index contributed by atoms with van der Waals surface area (Å²) in [5, 5.41) is 0. The van der Waals surface area contributed by atoms with Crippen LogP contribution in [-0.2, 0) is 23.5 Å². The Morgan fingerprint density at radius 1 is 1.00 bits per heavy atom. The fraction of sp³-hybridized carbons (Fsp3) is 0.200. The van der Waals surface area contributed by atoms with Gasteiger partial charge in [-0.1, -0.05) is 18.1 Å². The van der Waals surface area contributed by atoms with Crippen LogP contribution < -0.4 is 0 Å². The van der Waals surface area contributed by atoms with Crippen LogP contribution in [0.4, 0.5) is 0 Å². The Kier molecular flexibility index (Phi) is 8.61. The molecule has 0 atom stereocenters. The first kappa shape index (κ1) is 15.0. The van der Waals surface area contributed by atoms with E-state index in [0.717, 1.165) is 6.42 Å². The Morgan fingerprint density at radius 3 is 1.81 bits per heavy atom. The molecule has 1 heteroatoms. The average Bonchev–Trinajstić information content (AvgIpc) is 2.91. The molecule has 0 amide bonds. The summed E-state index contributed by atoms with van der Waals surface area (Å²) in [6.45, 7) is 4.26. The number of rotatable bonds is 2. The predicted molar refractivity (Wildman–Crippen MR) is 67.2 cm³/mol. The van der Waals surface area contributed by atoms with E-state index in [4.69, 9.17) is 0 Å². The zero-order valence-corrected chi connectivity index (χ0v) is 10.9. The zero-order chi connectivity index (χ0) is 10.9. The zero-order valence-electron chi connectivity index (χ0n) is 9.83. The summed E-state index contributed by atoms with van der Waals surface area (Å²) in [7, 11) is 0. The molecule has 0 heterocycles. The second kappa shape index (κ2) is 9.20. The molecule has 0 aliphatic carbocycles. The first-order chi connectivity index (χ1) is 7.29. The molecule has 2 aromatic rings. The van der Waals surface area contributed by atoms with E-state index in [-0.39, 0.29) is 17.1 Å². The van der Waals surface area contributed by atoms with Gasteiger partial charge in [0, 0.05) is 17.1 Å². The van der Waals surface area contributed by atoms with Crippen molar-refractivity contribution in [1.82, 2.24) is 0 Å². The molecule has 0 N–H and O–H groups in total. The van der Waals surface area contributed by atoms with E-state index >= 15 is 0 Å². The maximum atomic E-state index is 2.25. The van der Waals surface area contributed by atoms with Gasteiger partial charge in [0.1, 0.15) is 0 Å². The molecular weight excluding hydrogens is 236 g/mol. The SMILES string of the molecule is CC(C)=CC[c-]1cccc1.[Fe].[cH-]1[cH-][cH-][cH-][cH-]1. The van der Waals surface area contributed by atoms with Crippen molar-refractivity contribution >= 4 is 0 Å². The third-order valence-corrected chi connectivity index (χ3v) is 2.03. The molecule has 0 aliphatic rings. The molecule has 2 rings (SSSR count). The van der Waals surface area contributed by atoms with E-state index in [0.29, 0.717) is 0 Å². The topological polar surface area (TPSA) is 0 Å². The summed E-state index contributed by atoms with van der Waals surface area (Å²) in [6, 6.07) is 18.5. The average molecular weight is 254 g/mol. The van der Waals surface area contributed by atoms with Gasteiger partial charge in [-0.2, -0.15) is 17.7 Å². The van der Waals surface area contributed by atoms with Gasteiger partial charge in [-0.15, -0.1) is 0 Å². The molecule has 0 radical (unpaired) electrons. The Bertz CT molecular complexity index is 331. The Morgan fingerprint density at radius 2 is 1.44 bits per heavy atom. The first-order valence-corrected chi connectivity index (χ1v) is 5.29. The molecule has 0 saturated heterocycles. The van der Waals surface area contributed by atoms with Crippen LogP contribution in [0.3, 0.4) is 0 Å². The summed E-state index contributed by atoms with van der Waals surface area (Å²) in [5.41, 5.74) is 2.79. The minimum atomic E-state index is 0. The van der Waals surface area contributed by atoms with E-state index in [9.17, 15) is 0 Å². The summed E-state index contributed by atoms with van der Waals surface area (Å²) < 4.78 is 0. The second-order valence-corrected chi connectivity index (χ2v) is 3.74. The third kappa shape index (κ3) is 7.28. The second-order valence-electron chi connectivity index (χ2n) is 3.74. The van der Waals surface area contributed by atoms with Gasteiger partial charge in [0.15, 0.2) is 0 Å². The minimum absolute atomic E-state index is 0. The summed E-state index contributed by atoms with van der Waals surface area (Å²) >= 11 is 0. The monoisotopic (exact) mass is 254 g/mol. The van der Waals surface area contributed by atoms with Crippen LogP contribution in [-0.4, -0.2) is 0 Å². The van der Waals surface area contributed by atoms with Gasteiger partial charge in [0.2, 0.25) is 0 Å². The fourth-order valence-corrected chi connectivity index (χ4v) is 1.19. The van der Waals surface area contributed by atoms with Crippen LogP contribution in [0.1, 0.15) is 19.4 Å². The molecule has 0 aliphatic heterocycles. The molecule has 92 valence electrons. The van der Waals surface area contributed by atoms with E-state index < -0.39 is 0 Å². The van der Waals surface area contributed by atoms with Crippen molar-refractivity contribution in [2.75, 3.05) is 0 Å². The molecule has 0 bridgehead atoms.